The lowest BCUT2D eigenvalue weighted by atomic mass is 9.83. The van der Waals surface area contributed by atoms with Crippen LogP contribution in [-0.2, 0) is 5.41 Å². The summed E-state index contributed by atoms with van der Waals surface area (Å²) in [5, 5.41) is 14.6. The third kappa shape index (κ3) is 1.86. The van der Waals surface area contributed by atoms with E-state index in [4.69, 9.17) is 0 Å². The Labute approximate surface area is 113 Å². The van der Waals surface area contributed by atoms with E-state index >= 15 is 0 Å². The highest BCUT2D eigenvalue weighted by Crippen LogP contribution is 2.38. The summed E-state index contributed by atoms with van der Waals surface area (Å²) in [7, 11) is 0. The average Bonchev–Trinajstić information content (AvgIpc) is 2.37. The van der Waals surface area contributed by atoms with Crippen LogP contribution in [0.5, 0.6) is 5.75 Å². The summed E-state index contributed by atoms with van der Waals surface area (Å²) in [5.41, 5.74) is 1.33. The summed E-state index contributed by atoms with van der Waals surface area (Å²) in [6.45, 7) is 6.61. The Morgan fingerprint density at radius 1 is 0.789 bits per heavy atom. The summed E-state index contributed by atoms with van der Waals surface area (Å²) in [4.78, 5) is 0. The third-order valence-corrected chi connectivity index (χ3v) is 3.69. The van der Waals surface area contributed by atoms with Crippen molar-refractivity contribution in [2.75, 3.05) is 0 Å². The van der Waals surface area contributed by atoms with Crippen LogP contribution in [0.3, 0.4) is 0 Å². The maximum atomic E-state index is 10.5. The number of phenolic OH excluding ortho intramolecular Hbond substituents is 1. The van der Waals surface area contributed by atoms with E-state index < -0.39 is 0 Å². The van der Waals surface area contributed by atoms with E-state index in [1.165, 1.54) is 5.56 Å². The predicted octanol–water partition coefficient (Wildman–Crippen LogP) is 5.00. The van der Waals surface area contributed by atoms with E-state index in [9.17, 15) is 5.11 Å². The Morgan fingerprint density at radius 2 is 1.47 bits per heavy atom. The van der Waals surface area contributed by atoms with E-state index in [0.29, 0.717) is 5.75 Å². The second kappa shape index (κ2) is 3.99. The number of fused-ring (bicyclic) bond motifs is 2. The second-order valence-corrected chi connectivity index (χ2v) is 6.10. The van der Waals surface area contributed by atoms with Gasteiger partial charge in [0.25, 0.3) is 0 Å². The summed E-state index contributed by atoms with van der Waals surface area (Å²) in [6, 6.07) is 16.3. The molecule has 0 spiro atoms. The van der Waals surface area contributed by atoms with Crippen molar-refractivity contribution in [2.45, 2.75) is 26.2 Å². The molecule has 3 rings (SSSR count). The first-order valence-corrected chi connectivity index (χ1v) is 6.62. The fourth-order valence-corrected chi connectivity index (χ4v) is 2.72. The zero-order valence-corrected chi connectivity index (χ0v) is 11.6. The normalized spacial score (nSPS) is 12.2. The topological polar surface area (TPSA) is 20.2 Å². The third-order valence-electron chi connectivity index (χ3n) is 3.69. The lowest BCUT2D eigenvalue weighted by molar-refractivity contribution is 0.487. The van der Waals surface area contributed by atoms with Gasteiger partial charge < -0.3 is 5.11 Å². The molecule has 0 aliphatic carbocycles. The lowest BCUT2D eigenvalue weighted by Crippen LogP contribution is -2.11. The van der Waals surface area contributed by atoms with Crippen molar-refractivity contribution >= 4 is 21.5 Å². The Bertz CT molecular complexity index is 764. The predicted molar refractivity (Wildman–Crippen MR) is 81.8 cm³/mol. The number of hydrogen-bond donors (Lipinski definition) is 1. The first-order valence-electron chi connectivity index (χ1n) is 6.62. The SMILES string of the molecule is CC(C)(C)c1cccc2c(O)c3ccccc3cc12. The van der Waals surface area contributed by atoms with Crippen molar-refractivity contribution in [2.24, 2.45) is 0 Å². The molecule has 0 amide bonds. The van der Waals surface area contributed by atoms with Crippen molar-refractivity contribution in [3.8, 4) is 5.75 Å². The minimum Gasteiger partial charge on any atom is -0.507 e. The van der Waals surface area contributed by atoms with Crippen LogP contribution in [0.2, 0.25) is 0 Å². The van der Waals surface area contributed by atoms with Crippen LogP contribution < -0.4 is 0 Å². The Kier molecular flexibility index (Phi) is 2.53. The van der Waals surface area contributed by atoms with E-state index in [0.717, 1.165) is 21.5 Å². The van der Waals surface area contributed by atoms with Gasteiger partial charge in [0.05, 0.1) is 0 Å². The molecule has 0 radical (unpaired) electrons. The maximum absolute atomic E-state index is 10.5. The van der Waals surface area contributed by atoms with Crippen molar-refractivity contribution in [3.05, 3.63) is 54.1 Å². The van der Waals surface area contributed by atoms with Crippen molar-refractivity contribution in [1.29, 1.82) is 0 Å². The molecule has 19 heavy (non-hydrogen) atoms. The molecule has 0 fully saturated rings. The lowest BCUT2D eigenvalue weighted by Gasteiger charge is -2.22. The van der Waals surface area contributed by atoms with Crippen LogP contribution in [0, 0.1) is 0 Å². The highest BCUT2D eigenvalue weighted by molar-refractivity contribution is 6.06. The zero-order chi connectivity index (χ0) is 13.6. The number of phenols is 1. The number of rotatable bonds is 0. The van der Waals surface area contributed by atoms with E-state index in [1.807, 2.05) is 36.4 Å². The van der Waals surface area contributed by atoms with E-state index in [2.05, 4.69) is 32.9 Å². The molecule has 0 unspecified atom stereocenters. The highest BCUT2D eigenvalue weighted by Gasteiger charge is 2.18. The quantitative estimate of drug-likeness (QED) is 0.557. The minimum absolute atomic E-state index is 0.0639. The molecule has 3 aromatic rings. The molecule has 1 nitrogen and oxygen atoms in total. The van der Waals surface area contributed by atoms with Gasteiger partial charge in [0.1, 0.15) is 5.75 Å². The van der Waals surface area contributed by atoms with Crippen LogP contribution in [0.4, 0.5) is 0 Å². The maximum Gasteiger partial charge on any atom is 0.131 e. The Morgan fingerprint density at radius 3 is 2.21 bits per heavy atom. The molecule has 1 heteroatoms. The fraction of sp³-hybridized carbons (Fsp3) is 0.222. The molecule has 0 atom stereocenters. The van der Waals surface area contributed by atoms with Crippen LogP contribution in [0.25, 0.3) is 21.5 Å². The number of aromatic hydroxyl groups is 1. The standard InChI is InChI=1S/C18H18O/c1-18(2,3)16-10-6-9-14-15(16)11-12-7-4-5-8-13(12)17(14)19/h4-11,19H,1-3H3. The highest BCUT2D eigenvalue weighted by atomic mass is 16.3. The van der Waals surface area contributed by atoms with Gasteiger partial charge in [0.2, 0.25) is 0 Å². The van der Waals surface area contributed by atoms with Crippen molar-refractivity contribution in [1.82, 2.24) is 0 Å². The first kappa shape index (κ1) is 12.0. The number of benzene rings is 3. The Hall–Kier alpha value is -2.02. The van der Waals surface area contributed by atoms with E-state index in [1.54, 1.807) is 0 Å². The zero-order valence-electron chi connectivity index (χ0n) is 11.6. The van der Waals surface area contributed by atoms with Gasteiger partial charge in [0, 0.05) is 10.8 Å². The molecule has 1 N–H and O–H groups in total. The smallest absolute Gasteiger partial charge is 0.131 e. The minimum atomic E-state index is 0.0639. The summed E-state index contributed by atoms with van der Waals surface area (Å²) < 4.78 is 0. The molecular weight excluding hydrogens is 232 g/mol. The molecule has 0 aromatic heterocycles. The van der Waals surface area contributed by atoms with E-state index in [-0.39, 0.29) is 5.41 Å². The summed E-state index contributed by atoms with van der Waals surface area (Å²) in [6.07, 6.45) is 0. The van der Waals surface area contributed by atoms with Gasteiger partial charge >= 0.3 is 0 Å². The molecule has 96 valence electrons. The summed E-state index contributed by atoms with van der Waals surface area (Å²) in [5.74, 6) is 0.388. The monoisotopic (exact) mass is 250 g/mol. The summed E-state index contributed by atoms with van der Waals surface area (Å²) >= 11 is 0. The molecule has 0 heterocycles. The molecule has 0 aliphatic heterocycles. The Balaban J connectivity index is 2.51. The van der Waals surface area contributed by atoms with Gasteiger partial charge in [-0.15, -0.1) is 0 Å². The number of hydrogen-bond acceptors (Lipinski definition) is 1. The van der Waals surface area contributed by atoms with Gasteiger partial charge in [-0.25, -0.2) is 0 Å². The molecule has 0 saturated heterocycles. The molecule has 0 aliphatic rings. The molecular formula is C18H18O. The van der Waals surface area contributed by atoms with Crippen molar-refractivity contribution in [3.63, 3.8) is 0 Å². The van der Waals surface area contributed by atoms with Gasteiger partial charge in [-0.2, -0.15) is 0 Å². The van der Waals surface area contributed by atoms with Gasteiger partial charge in [-0.1, -0.05) is 63.2 Å². The van der Waals surface area contributed by atoms with Gasteiger partial charge in [0.15, 0.2) is 0 Å². The fourth-order valence-electron chi connectivity index (χ4n) is 2.72. The second-order valence-electron chi connectivity index (χ2n) is 6.10. The van der Waals surface area contributed by atoms with Crippen molar-refractivity contribution < 1.29 is 5.11 Å². The average molecular weight is 250 g/mol. The molecule has 3 aromatic carbocycles. The van der Waals surface area contributed by atoms with Crippen LogP contribution >= 0.6 is 0 Å². The molecule has 0 saturated carbocycles. The first-order chi connectivity index (χ1) is 8.98. The molecule has 0 bridgehead atoms. The van der Waals surface area contributed by atoms with Crippen LogP contribution in [-0.4, -0.2) is 5.11 Å². The van der Waals surface area contributed by atoms with Crippen LogP contribution in [0.15, 0.2) is 48.5 Å². The van der Waals surface area contributed by atoms with Gasteiger partial charge in [-0.3, -0.25) is 0 Å². The van der Waals surface area contributed by atoms with Crippen LogP contribution in [0.1, 0.15) is 26.3 Å². The largest absolute Gasteiger partial charge is 0.507 e. The van der Waals surface area contributed by atoms with Gasteiger partial charge in [-0.05, 0) is 27.8 Å².